The first-order valence-electron chi connectivity index (χ1n) is 8.32. The Hall–Kier alpha value is -2.28. The molecule has 0 saturated heterocycles. The lowest BCUT2D eigenvalue weighted by Gasteiger charge is -2.05. The number of thioether (sulfide) groups is 1. The molecule has 2 aromatic carbocycles. The Morgan fingerprint density at radius 1 is 1.11 bits per heavy atom. The lowest BCUT2D eigenvalue weighted by atomic mass is 10.1. The molecule has 0 atom stereocenters. The van der Waals surface area contributed by atoms with Gasteiger partial charge in [-0.25, -0.2) is 0 Å². The van der Waals surface area contributed by atoms with Gasteiger partial charge in [0, 0.05) is 27.9 Å². The van der Waals surface area contributed by atoms with Crippen molar-refractivity contribution >= 4 is 52.3 Å². The van der Waals surface area contributed by atoms with Crippen LogP contribution >= 0.6 is 35.0 Å². The molecule has 3 aromatic rings. The van der Waals surface area contributed by atoms with E-state index in [1.165, 1.54) is 18.7 Å². The summed E-state index contributed by atoms with van der Waals surface area (Å²) in [7, 11) is 0. The van der Waals surface area contributed by atoms with E-state index < -0.39 is 0 Å². The number of nitrogens with one attached hydrogen (secondary N) is 1. The van der Waals surface area contributed by atoms with Gasteiger partial charge in [0.15, 0.2) is 5.78 Å². The molecule has 5 nitrogen and oxygen atoms in total. The van der Waals surface area contributed by atoms with Gasteiger partial charge in [0.1, 0.15) is 11.5 Å². The van der Waals surface area contributed by atoms with Gasteiger partial charge in [-0.05, 0) is 49.4 Å². The number of carbonyl (C=O) groups excluding carboxylic acids is 2. The first-order chi connectivity index (χ1) is 13.4. The number of benzene rings is 2. The van der Waals surface area contributed by atoms with Crippen LogP contribution < -0.4 is 5.32 Å². The Morgan fingerprint density at radius 3 is 2.54 bits per heavy atom. The monoisotopic (exact) mass is 434 g/mol. The van der Waals surface area contributed by atoms with Crippen molar-refractivity contribution in [3.05, 3.63) is 69.9 Å². The molecular weight excluding hydrogens is 419 g/mol. The Labute approximate surface area is 176 Å². The van der Waals surface area contributed by atoms with E-state index in [0.717, 1.165) is 5.56 Å². The maximum Gasteiger partial charge on any atom is 0.234 e. The molecule has 3 rings (SSSR count). The zero-order chi connectivity index (χ0) is 20.1. The number of anilines is 1. The predicted octanol–water partition coefficient (Wildman–Crippen LogP) is 5.72. The molecule has 0 radical (unpaired) electrons. The SMILES string of the molecule is CC(=O)c1ccc(NC(=O)CSCc2cc(-c3ccc(Cl)cc3Cl)no2)cc1. The summed E-state index contributed by atoms with van der Waals surface area (Å²) < 4.78 is 5.31. The van der Waals surface area contributed by atoms with Crippen LogP contribution in [0.4, 0.5) is 5.69 Å². The summed E-state index contributed by atoms with van der Waals surface area (Å²) >= 11 is 13.5. The van der Waals surface area contributed by atoms with E-state index in [1.807, 2.05) is 0 Å². The van der Waals surface area contributed by atoms with Crippen molar-refractivity contribution < 1.29 is 14.1 Å². The number of hydrogen-bond donors (Lipinski definition) is 1. The summed E-state index contributed by atoms with van der Waals surface area (Å²) in [5.74, 6) is 1.24. The van der Waals surface area contributed by atoms with Gasteiger partial charge in [-0.15, -0.1) is 11.8 Å². The summed E-state index contributed by atoms with van der Waals surface area (Å²) in [6, 6.07) is 13.7. The standard InChI is InChI=1S/C20H16Cl2N2O3S/c1-12(25)13-2-5-15(6-3-13)23-20(26)11-28-10-16-9-19(24-27-16)17-7-4-14(21)8-18(17)22/h2-9H,10-11H2,1H3,(H,23,26). The predicted molar refractivity (Wildman–Crippen MR) is 113 cm³/mol. The van der Waals surface area contributed by atoms with Crippen LogP contribution in [0.2, 0.25) is 10.0 Å². The molecule has 0 aliphatic rings. The van der Waals surface area contributed by atoms with Crippen LogP contribution in [0.1, 0.15) is 23.0 Å². The Kier molecular flexibility index (Phi) is 6.78. The van der Waals surface area contributed by atoms with E-state index in [9.17, 15) is 9.59 Å². The Bertz CT molecular complexity index is 1000. The number of amides is 1. The molecule has 8 heteroatoms. The summed E-state index contributed by atoms with van der Waals surface area (Å²) in [5, 5.41) is 7.86. The average Bonchev–Trinajstić information content (AvgIpc) is 3.10. The highest BCUT2D eigenvalue weighted by Crippen LogP contribution is 2.30. The summed E-state index contributed by atoms with van der Waals surface area (Å²) in [6.07, 6.45) is 0. The zero-order valence-electron chi connectivity index (χ0n) is 14.9. The number of carbonyl (C=O) groups is 2. The lowest BCUT2D eigenvalue weighted by Crippen LogP contribution is -2.14. The van der Waals surface area contributed by atoms with Crippen LogP contribution in [-0.2, 0) is 10.5 Å². The molecule has 1 N–H and O–H groups in total. The quantitative estimate of drug-likeness (QED) is 0.481. The van der Waals surface area contributed by atoms with E-state index in [2.05, 4.69) is 10.5 Å². The molecule has 0 aliphatic carbocycles. The van der Waals surface area contributed by atoms with Gasteiger partial charge in [-0.1, -0.05) is 28.4 Å². The van der Waals surface area contributed by atoms with Crippen LogP contribution in [0.15, 0.2) is 53.1 Å². The van der Waals surface area contributed by atoms with Crippen molar-refractivity contribution in [3.8, 4) is 11.3 Å². The number of nitrogens with zero attached hydrogens (tertiary/aromatic N) is 1. The summed E-state index contributed by atoms with van der Waals surface area (Å²) in [5.41, 5.74) is 2.61. The number of halogens is 2. The minimum atomic E-state index is -0.138. The van der Waals surface area contributed by atoms with Crippen LogP contribution in [0.25, 0.3) is 11.3 Å². The summed E-state index contributed by atoms with van der Waals surface area (Å²) in [6.45, 7) is 1.50. The maximum atomic E-state index is 12.0. The second-order valence-electron chi connectivity index (χ2n) is 5.98. The fraction of sp³-hybridized carbons (Fsp3) is 0.150. The Balaban J connectivity index is 1.50. The molecule has 0 spiro atoms. The van der Waals surface area contributed by atoms with Crippen LogP contribution in [0, 0.1) is 0 Å². The van der Waals surface area contributed by atoms with Gasteiger partial charge in [0.05, 0.1) is 16.5 Å². The molecule has 28 heavy (non-hydrogen) atoms. The normalized spacial score (nSPS) is 10.7. The lowest BCUT2D eigenvalue weighted by molar-refractivity contribution is -0.113. The second-order valence-corrected chi connectivity index (χ2v) is 7.81. The highest BCUT2D eigenvalue weighted by Gasteiger charge is 2.11. The Morgan fingerprint density at radius 2 is 1.86 bits per heavy atom. The van der Waals surface area contributed by atoms with E-state index >= 15 is 0 Å². The summed E-state index contributed by atoms with van der Waals surface area (Å²) in [4.78, 5) is 23.3. The largest absolute Gasteiger partial charge is 0.360 e. The number of rotatable bonds is 7. The number of ketones is 1. The van der Waals surface area contributed by atoms with Crippen molar-refractivity contribution in [3.63, 3.8) is 0 Å². The van der Waals surface area contributed by atoms with Crippen molar-refractivity contribution in [2.45, 2.75) is 12.7 Å². The molecule has 0 saturated carbocycles. The highest BCUT2D eigenvalue weighted by molar-refractivity contribution is 7.99. The third-order valence-corrected chi connectivity index (χ3v) is 5.32. The van der Waals surface area contributed by atoms with Gasteiger partial charge in [0.2, 0.25) is 5.91 Å². The smallest absolute Gasteiger partial charge is 0.234 e. The van der Waals surface area contributed by atoms with Gasteiger partial charge in [0.25, 0.3) is 0 Å². The van der Waals surface area contributed by atoms with Gasteiger partial charge >= 0.3 is 0 Å². The van der Waals surface area contributed by atoms with E-state index in [-0.39, 0.29) is 17.4 Å². The minimum absolute atomic E-state index is 0.0141. The van der Waals surface area contributed by atoms with Gasteiger partial charge in [-0.2, -0.15) is 0 Å². The van der Waals surface area contributed by atoms with E-state index in [1.54, 1.807) is 48.5 Å². The van der Waals surface area contributed by atoms with Gasteiger partial charge < -0.3 is 9.84 Å². The van der Waals surface area contributed by atoms with Crippen molar-refractivity contribution in [2.24, 2.45) is 0 Å². The van der Waals surface area contributed by atoms with Crippen molar-refractivity contribution in [2.75, 3.05) is 11.1 Å². The van der Waals surface area contributed by atoms with Crippen molar-refractivity contribution in [1.82, 2.24) is 5.16 Å². The molecule has 0 unspecified atom stereocenters. The number of Topliss-reactive ketones (excluding diaryl/α,β-unsaturated/α-hetero) is 1. The maximum absolute atomic E-state index is 12.0. The van der Waals surface area contributed by atoms with E-state index in [0.29, 0.717) is 38.5 Å². The average molecular weight is 435 g/mol. The van der Waals surface area contributed by atoms with Crippen LogP contribution in [0.3, 0.4) is 0 Å². The molecule has 144 valence electrons. The fourth-order valence-corrected chi connectivity index (χ4v) is 3.64. The topological polar surface area (TPSA) is 72.2 Å². The fourth-order valence-electron chi connectivity index (χ4n) is 2.43. The molecular formula is C20H16Cl2N2O3S. The first kappa shape index (κ1) is 20.5. The molecule has 0 fully saturated rings. The highest BCUT2D eigenvalue weighted by atomic mass is 35.5. The number of aromatic nitrogens is 1. The van der Waals surface area contributed by atoms with Crippen LogP contribution in [-0.4, -0.2) is 22.6 Å². The second kappa shape index (κ2) is 9.28. The molecule has 1 amide bonds. The van der Waals surface area contributed by atoms with E-state index in [4.69, 9.17) is 27.7 Å². The van der Waals surface area contributed by atoms with Crippen molar-refractivity contribution in [1.29, 1.82) is 0 Å². The molecule has 1 heterocycles. The minimum Gasteiger partial charge on any atom is -0.360 e. The first-order valence-corrected chi connectivity index (χ1v) is 10.2. The van der Waals surface area contributed by atoms with Gasteiger partial charge in [-0.3, -0.25) is 9.59 Å². The molecule has 0 aliphatic heterocycles. The molecule has 1 aromatic heterocycles. The molecule has 0 bridgehead atoms. The zero-order valence-corrected chi connectivity index (χ0v) is 17.2. The van der Waals surface area contributed by atoms with Crippen LogP contribution in [0.5, 0.6) is 0 Å². The third kappa shape index (κ3) is 5.38. The number of hydrogen-bond acceptors (Lipinski definition) is 5. The third-order valence-electron chi connectivity index (χ3n) is 3.82.